The Bertz CT molecular complexity index is 315. The zero-order valence-corrected chi connectivity index (χ0v) is 11.0. The molecule has 0 fully saturated rings. The Morgan fingerprint density at radius 1 is 1.46 bits per heavy atom. The topological polar surface area (TPSA) is 9.23 Å². The van der Waals surface area contributed by atoms with Gasteiger partial charge in [-0.1, -0.05) is 0 Å². The van der Waals surface area contributed by atoms with Gasteiger partial charge in [0.25, 0.3) is 0 Å². The lowest BCUT2D eigenvalue weighted by molar-refractivity contribution is 0.230. The van der Waals surface area contributed by atoms with E-state index in [0.29, 0.717) is 10.2 Å². The van der Waals surface area contributed by atoms with Crippen LogP contribution in [0.4, 0.5) is 4.39 Å². The van der Waals surface area contributed by atoms with Crippen molar-refractivity contribution in [1.82, 2.24) is 0 Å². The molecule has 0 heterocycles. The Kier molecular flexibility index (Phi) is 3.97. The van der Waals surface area contributed by atoms with E-state index in [1.807, 2.05) is 13.8 Å². The second kappa shape index (κ2) is 4.59. The maximum atomic E-state index is 13.4. The van der Waals surface area contributed by atoms with Gasteiger partial charge in [0, 0.05) is 3.57 Å². The number of hydrogen-bond acceptors (Lipinski definition) is 1. The monoisotopic (exact) mass is 358 g/mol. The van der Waals surface area contributed by atoms with Crippen molar-refractivity contribution in [1.29, 1.82) is 0 Å². The summed E-state index contributed by atoms with van der Waals surface area (Å²) in [5.74, 6) is -0.0390. The van der Waals surface area contributed by atoms with Crippen molar-refractivity contribution < 1.29 is 9.13 Å². The molecule has 0 amide bonds. The molecule has 72 valence electrons. The van der Waals surface area contributed by atoms with Gasteiger partial charge in [0.1, 0.15) is 0 Å². The van der Waals surface area contributed by atoms with Crippen LogP contribution in [0.3, 0.4) is 0 Å². The summed E-state index contributed by atoms with van der Waals surface area (Å²) in [6.45, 7) is 3.74. The molecule has 0 radical (unpaired) electrons. The minimum atomic E-state index is -0.339. The van der Waals surface area contributed by atoms with Crippen LogP contribution in [0, 0.1) is 9.39 Å². The second-order valence-corrected chi connectivity index (χ2v) is 4.97. The van der Waals surface area contributed by atoms with Crippen LogP contribution >= 0.6 is 38.5 Å². The van der Waals surface area contributed by atoms with Crippen LogP contribution in [-0.4, -0.2) is 6.10 Å². The first-order valence-electron chi connectivity index (χ1n) is 3.82. The zero-order valence-electron chi connectivity index (χ0n) is 7.27. The van der Waals surface area contributed by atoms with Crippen molar-refractivity contribution in [2.75, 3.05) is 0 Å². The van der Waals surface area contributed by atoms with Crippen molar-refractivity contribution in [3.8, 4) is 5.75 Å². The van der Waals surface area contributed by atoms with Crippen molar-refractivity contribution in [2.45, 2.75) is 20.0 Å². The van der Waals surface area contributed by atoms with E-state index in [9.17, 15) is 4.39 Å². The summed E-state index contributed by atoms with van der Waals surface area (Å²) >= 11 is 5.24. The second-order valence-electron chi connectivity index (χ2n) is 2.87. The van der Waals surface area contributed by atoms with E-state index in [-0.39, 0.29) is 11.9 Å². The summed E-state index contributed by atoms with van der Waals surface area (Å²) in [7, 11) is 0. The highest BCUT2D eigenvalue weighted by Gasteiger charge is 2.10. The Hall–Kier alpha value is 0.160. The third-order valence-corrected chi connectivity index (χ3v) is 2.52. The van der Waals surface area contributed by atoms with Gasteiger partial charge in [-0.2, -0.15) is 0 Å². The fourth-order valence-corrected chi connectivity index (χ4v) is 2.34. The summed E-state index contributed by atoms with van der Waals surface area (Å²) < 4.78 is 20.0. The molecule has 1 aromatic rings. The predicted octanol–water partition coefficient (Wildman–Crippen LogP) is 3.98. The fourth-order valence-electron chi connectivity index (χ4n) is 0.872. The van der Waals surface area contributed by atoms with E-state index in [4.69, 9.17) is 4.74 Å². The van der Waals surface area contributed by atoms with Gasteiger partial charge >= 0.3 is 0 Å². The first kappa shape index (κ1) is 11.2. The molecule has 0 spiro atoms. The van der Waals surface area contributed by atoms with Crippen molar-refractivity contribution >= 4 is 38.5 Å². The molecule has 4 heteroatoms. The molecule has 0 aliphatic heterocycles. The third-order valence-electron chi connectivity index (χ3n) is 1.32. The first-order chi connectivity index (χ1) is 6.00. The molecule has 0 saturated heterocycles. The molecule has 1 aromatic carbocycles. The van der Waals surface area contributed by atoms with E-state index in [2.05, 4.69) is 38.5 Å². The van der Waals surface area contributed by atoms with E-state index < -0.39 is 0 Å². The Morgan fingerprint density at radius 3 is 2.62 bits per heavy atom. The van der Waals surface area contributed by atoms with Gasteiger partial charge in [-0.25, -0.2) is 4.39 Å². The van der Waals surface area contributed by atoms with Crippen LogP contribution in [0.5, 0.6) is 5.75 Å². The average molecular weight is 359 g/mol. The first-order valence-corrected chi connectivity index (χ1v) is 5.69. The SMILES string of the molecule is CC(C)Oc1cc(I)cc(Br)c1F. The Balaban J connectivity index is 3.05. The quantitative estimate of drug-likeness (QED) is 0.574. The van der Waals surface area contributed by atoms with Gasteiger partial charge in [-0.3, -0.25) is 0 Å². The van der Waals surface area contributed by atoms with Crippen LogP contribution in [-0.2, 0) is 0 Å². The molecule has 0 aromatic heterocycles. The van der Waals surface area contributed by atoms with Crippen LogP contribution in [0.15, 0.2) is 16.6 Å². The highest BCUT2D eigenvalue weighted by atomic mass is 127. The molecule has 0 saturated carbocycles. The maximum Gasteiger partial charge on any atom is 0.179 e. The summed E-state index contributed by atoms with van der Waals surface area (Å²) in [6, 6.07) is 3.39. The number of hydrogen-bond donors (Lipinski definition) is 0. The van der Waals surface area contributed by atoms with Gasteiger partial charge in [0.2, 0.25) is 0 Å². The summed E-state index contributed by atoms with van der Waals surface area (Å²) in [4.78, 5) is 0. The van der Waals surface area contributed by atoms with E-state index in [1.165, 1.54) is 0 Å². The maximum absolute atomic E-state index is 13.4. The molecule has 0 unspecified atom stereocenters. The van der Waals surface area contributed by atoms with E-state index in [0.717, 1.165) is 3.57 Å². The number of halogens is 3. The minimum absolute atomic E-state index is 0.0143. The lowest BCUT2D eigenvalue weighted by Crippen LogP contribution is -2.07. The third kappa shape index (κ3) is 3.09. The number of rotatable bonds is 2. The van der Waals surface area contributed by atoms with Gasteiger partial charge in [0.05, 0.1) is 10.6 Å². The van der Waals surface area contributed by atoms with Gasteiger partial charge < -0.3 is 4.74 Å². The molecule has 0 N–H and O–H groups in total. The van der Waals surface area contributed by atoms with E-state index >= 15 is 0 Å². The lowest BCUT2D eigenvalue weighted by Gasteiger charge is -2.11. The molecule has 1 nitrogen and oxygen atoms in total. The van der Waals surface area contributed by atoms with Crippen LogP contribution in [0.2, 0.25) is 0 Å². The van der Waals surface area contributed by atoms with Gasteiger partial charge in [-0.15, -0.1) is 0 Å². The Labute approximate surface area is 98.9 Å². The molecule has 1 rings (SSSR count). The standard InChI is InChI=1S/C9H9BrFIO/c1-5(2)13-8-4-6(12)3-7(10)9(8)11/h3-5H,1-2H3. The predicted molar refractivity (Wildman–Crippen MR) is 62.6 cm³/mol. The summed E-state index contributed by atoms with van der Waals surface area (Å²) in [5, 5.41) is 0. The molecule has 0 aliphatic carbocycles. The van der Waals surface area contributed by atoms with Gasteiger partial charge in [-0.05, 0) is 64.5 Å². The zero-order chi connectivity index (χ0) is 10.0. The fraction of sp³-hybridized carbons (Fsp3) is 0.333. The average Bonchev–Trinajstić information content (AvgIpc) is 1.98. The summed E-state index contributed by atoms with van der Waals surface area (Å²) in [5.41, 5.74) is 0. The highest BCUT2D eigenvalue weighted by molar-refractivity contribution is 14.1. The minimum Gasteiger partial charge on any atom is -0.488 e. The van der Waals surface area contributed by atoms with Crippen molar-refractivity contribution in [2.24, 2.45) is 0 Å². The molecule has 13 heavy (non-hydrogen) atoms. The number of ether oxygens (including phenoxy) is 1. The van der Waals surface area contributed by atoms with Crippen LogP contribution in [0.25, 0.3) is 0 Å². The van der Waals surface area contributed by atoms with Crippen LogP contribution < -0.4 is 4.74 Å². The molecular formula is C9H9BrFIO. The van der Waals surface area contributed by atoms with E-state index in [1.54, 1.807) is 12.1 Å². The van der Waals surface area contributed by atoms with Crippen LogP contribution in [0.1, 0.15) is 13.8 Å². The lowest BCUT2D eigenvalue weighted by atomic mass is 10.3. The molecule has 0 bridgehead atoms. The Morgan fingerprint density at radius 2 is 2.08 bits per heavy atom. The van der Waals surface area contributed by atoms with Crippen molar-refractivity contribution in [3.63, 3.8) is 0 Å². The highest BCUT2D eigenvalue weighted by Crippen LogP contribution is 2.28. The smallest absolute Gasteiger partial charge is 0.179 e. The van der Waals surface area contributed by atoms with Gasteiger partial charge in [0.15, 0.2) is 11.6 Å². The van der Waals surface area contributed by atoms with Crippen molar-refractivity contribution in [3.05, 3.63) is 26.0 Å². The molecule has 0 aliphatic rings. The molecular weight excluding hydrogens is 350 g/mol. The summed E-state index contributed by atoms with van der Waals surface area (Å²) in [6.07, 6.45) is -0.0143. The largest absolute Gasteiger partial charge is 0.488 e. The molecule has 0 atom stereocenters. The normalized spacial score (nSPS) is 10.6. The number of benzene rings is 1.